The minimum atomic E-state index is -0.391. The molecular formula is C19H19FN2O2S. The molecular weight excluding hydrogens is 339 g/mol. The van der Waals surface area contributed by atoms with Gasteiger partial charge in [0.25, 0.3) is 0 Å². The lowest BCUT2D eigenvalue weighted by Crippen LogP contribution is -2.19. The molecule has 3 rings (SSSR count). The van der Waals surface area contributed by atoms with E-state index >= 15 is 0 Å². The minimum Gasteiger partial charge on any atom is -0.463 e. The van der Waals surface area contributed by atoms with Crippen molar-refractivity contribution >= 4 is 23.0 Å². The van der Waals surface area contributed by atoms with Crippen LogP contribution in [0, 0.1) is 5.82 Å². The molecule has 4 nitrogen and oxygen atoms in total. The molecule has 0 amide bonds. The van der Waals surface area contributed by atoms with Crippen molar-refractivity contribution in [3.05, 3.63) is 69.8 Å². The van der Waals surface area contributed by atoms with Gasteiger partial charge in [-0.25, -0.2) is 9.18 Å². The lowest BCUT2D eigenvalue weighted by atomic mass is 10.0. The molecule has 0 aliphatic carbocycles. The van der Waals surface area contributed by atoms with Gasteiger partial charge in [0, 0.05) is 18.2 Å². The maximum Gasteiger partial charge on any atom is 0.332 e. The van der Waals surface area contributed by atoms with Gasteiger partial charge in [0.2, 0.25) is 0 Å². The third kappa shape index (κ3) is 3.96. The Kier molecular flexibility index (Phi) is 5.28. The average molecular weight is 358 g/mol. The summed E-state index contributed by atoms with van der Waals surface area (Å²) in [7, 11) is 0. The number of ether oxygens (including phenoxy) is 1. The summed E-state index contributed by atoms with van der Waals surface area (Å²) in [6.45, 7) is 3.92. The van der Waals surface area contributed by atoms with E-state index < -0.39 is 5.97 Å². The fraction of sp³-hybridized carbons (Fsp3) is 0.263. The number of benzene rings is 1. The second-order valence-corrected chi connectivity index (χ2v) is 6.63. The number of allylic oxidation sites excluding steroid dienone is 1. The number of thiophene rings is 1. The van der Waals surface area contributed by atoms with Crippen LogP contribution in [-0.4, -0.2) is 23.3 Å². The van der Waals surface area contributed by atoms with E-state index in [1.165, 1.54) is 18.2 Å². The van der Waals surface area contributed by atoms with Gasteiger partial charge in [-0.3, -0.25) is 5.01 Å². The number of hydrazone groups is 1. The normalized spacial score (nSPS) is 17.6. The van der Waals surface area contributed by atoms with Crippen LogP contribution in [0.5, 0.6) is 0 Å². The van der Waals surface area contributed by atoms with Gasteiger partial charge in [0.05, 0.1) is 23.2 Å². The highest BCUT2D eigenvalue weighted by atomic mass is 32.1. The Bertz CT molecular complexity index is 797. The van der Waals surface area contributed by atoms with E-state index in [4.69, 9.17) is 9.84 Å². The predicted molar refractivity (Wildman–Crippen MR) is 96.8 cm³/mol. The molecule has 0 N–H and O–H groups in total. The van der Waals surface area contributed by atoms with Crippen LogP contribution in [0.1, 0.15) is 36.8 Å². The smallest absolute Gasteiger partial charge is 0.332 e. The molecule has 2 heterocycles. The lowest BCUT2D eigenvalue weighted by molar-refractivity contribution is -0.137. The van der Waals surface area contributed by atoms with E-state index in [1.54, 1.807) is 30.4 Å². The molecule has 6 heteroatoms. The number of nitrogens with zero attached hydrogens (tertiary/aromatic N) is 2. The van der Waals surface area contributed by atoms with Crippen molar-refractivity contribution in [3.63, 3.8) is 0 Å². The first-order valence-electron chi connectivity index (χ1n) is 8.09. The van der Waals surface area contributed by atoms with Crippen molar-refractivity contribution in [3.8, 4) is 0 Å². The van der Waals surface area contributed by atoms with E-state index in [-0.39, 0.29) is 11.9 Å². The summed E-state index contributed by atoms with van der Waals surface area (Å²) < 4.78 is 18.3. The minimum absolute atomic E-state index is 0.0802. The Morgan fingerprint density at radius 3 is 2.80 bits per heavy atom. The van der Waals surface area contributed by atoms with Crippen LogP contribution in [0.2, 0.25) is 0 Å². The van der Waals surface area contributed by atoms with Gasteiger partial charge in [-0.15, -0.1) is 11.3 Å². The summed E-state index contributed by atoms with van der Waals surface area (Å²) in [5.41, 5.74) is 2.61. The van der Waals surface area contributed by atoms with E-state index in [9.17, 15) is 9.18 Å². The van der Waals surface area contributed by atoms with E-state index in [1.807, 2.05) is 29.4 Å². The zero-order chi connectivity index (χ0) is 17.8. The fourth-order valence-electron chi connectivity index (χ4n) is 2.79. The molecule has 0 fully saturated rings. The summed E-state index contributed by atoms with van der Waals surface area (Å²) in [4.78, 5) is 12.9. The predicted octanol–water partition coefficient (Wildman–Crippen LogP) is 4.51. The summed E-state index contributed by atoms with van der Waals surface area (Å²) in [5.74, 6) is -0.663. The summed E-state index contributed by atoms with van der Waals surface area (Å²) in [6, 6.07) is 10.3. The molecule has 0 bridgehead atoms. The Balaban J connectivity index is 1.93. The second kappa shape index (κ2) is 7.61. The van der Waals surface area contributed by atoms with Gasteiger partial charge < -0.3 is 4.74 Å². The molecule has 1 aromatic heterocycles. The van der Waals surface area contributed by atoms with Crippen molar-refractivity contribution in [2.24, 2.45) is 5.10 Å². The van der Waals surface area contributed by atoms with E-state index in [2.05, 4.69) is 0 Å². The number of rotatable bonds is 5. The van der Waals surface area contributed by atoms with Crippen molar-refractivity contribution in [1.82, 2.24) is 5.01 Å². The first-order chi connectivity index (χ1) is 12.1. The van der Waals surface area contributed by atoms with Crippen LogP contribution in [0.25, 0.3) is 0 Å². The van der Waals surface area contributed by atoms with Gasteiger partial charge in [0.15, 0.2) is 0 Å². The molecule has 0 saturated heterocycles. The number of esters is 1. The summed E-state index contributed by atoms with van der Waals surface area (Å²) in [5, 5.41) is 8.54. The number of hydrogen-bond donors (Lipinski definition) is 0. The highest BCUT2D eigenvalue weighted by Gasteiger charge is 2.30. The van der Waals surface area contributed by atoms with Crippen molar-refractivity contribution in [1.29, 1.82) is 0 Å². The zero-order valence-corrected chi connectivity index (χ0v) is 14.9. The molecule has 1 aromatic carbocycles. The highest BCUT2D eigenvalue weighted by molar-refractivity contribution is 7.12. The Hall–Kier alpha value is -2.47. The lowest BCUT2D eigenvalue weighted by Gasteiger charge is -2.24. The third-order valence-corrected chi connectivity index (χ3v) is 4.86. The summed E-state index contributed by atoms with van der Waals surface area (Å²) >= 11 is 1.63. The van der Waals surface area contributed by atoms with Crippen LogP contribution < -0.4 is 0 Å². The number of hydrogen-bond acceptors (Lipinski definition) is 5. The van der Waals surface area contributed by atoms with Gasteiger partial charge in [0.1, 0.15) is 5.82 Å². The first-order valence-corrected chi connectivity index (χ1v) is 8.97. The molecule has 0 radical (unpaired) electrons. The maximum absolute atomic E-state index is 13.3. The van der Waals surface area contributed by atoms with E-state index in [0.29, 0.717) is 18.7 Å². The standard InChI is InChI=1S/C19H19FN2O2S/c1-3-24-19(23)11-13(2)22-17(14-6-8-15(20)9-7-14)12-16(21-22)18-5-4-10-25-18/h4-11,17H,3,12H2,1-2H3/b13-11-. The number of carbonyl (C=O) groups is 1. The van der Waals surface area contributed by atoms with Crippen LogP contribution in [-0.2, 0) is 9.53 Å². The van der Waals surface area contributed by atoms with Crippen LogP contribution >= 0.6 is 11.3 Å². The maximum atomic E-state index is 13.3. The average Bonchev–Trinajstić information content (AvgIpc) is 3.25. The van der Waals surface area contributed by atoms with Gasteiger partial charge in [-0.1, -0.05) is 18.2 Å². The topological polar surface area (TPSA) is 41.9 Å². The Morgan fingerprint density at radius 1 is 1.40 bits per heavy atom. The van der Waals surface area contributed by atoms with Crippen LogP contribution in [0.15, 0.2) is 58.7 Å². The second-order valence-electron chi connectivity index (χ2n) is 5.68. The monoisotopic (exact) mass is 358 g/mol. The molecule has 1 aliphatic rings. The molecule has 0 spiro atoms. The van der Waals surface area contributed by atoms with Crippen molar-refractivity contribution < 1.29 is 13.9 Å². The molecule has 1 aliphatic heterocycles. The summed E-state index contributed by atoms with van der Waals surface area (Å²) in [6.07, 6.45) is 2.14. The van der Waals surface area contributed by atoms with Gasteiger partial charge in [-0.05, 0) is 43.0 Å². The fourth-order valence-corrected chi connectivity index (χ4v) is 3.51. The molecule has 2 aromatic rings. The van der Waals surface area contributed by atoms with Gasteiger partial charge in [-0.2, -0.15) is 5.10 Å². The largest absolute Gasteiger partial charge is 0.463 e. The molecule has 0 saturated carbocycles. The molecule has 130 valence electrons. The Morgan fingerprint density at radius 2 is 2.16 bits per heavy atom. The van der Waals surface area contributed by atoms with Crippen molar-refractivity contribution in [2.75, 3.05) is 6.61 Å². The van der Waals surface area contributed by atoms with Gasteiger partial charge >= 0.3 is 5.97 Å². The van der Waals surface area contributed by atoms with E-state index in [0.717, 1.165) is 16.2 Å². The SMILES string of the molecule is CCOC(=O)/C=C(/C)N1N=C(c2cccs2)CC1c1ccc(F)cc1. The quantitative estimate of drug-likeness (QED) is 0.583. The Labute approximate surface area is 150 Å². The molecule has 1 unspecified atom stereocenters. The number of halogens is 1. The highest BCUT2D eigenvalue weighted by Crippen LogP contribution is 2.36. The zero-order valence-electron chi connectivity index (χ0n) is 14.1. The number of carbonyl (C=O) groups excluding carboxylic acids is 1. The van der Waals surface area contributed by atoms with Crippen LogP contribution in [0.4, 0.5) is 4.39 Å². The van der Waals surface area contributed by atoms with Crippen molar-refractivity contribution in [2.45, 2.75) is 26.3 Å². The first kappa shape index (κ1) is 17.4. The third-order valence-electron chi connectivity index (χ3n) is 3.95. The van der Waals surface area contributed by atoms with Crippen LogP contribution in [0.3, 0.4) is 0 Å². The molecule has 1 atom stereocenters. The molecule has 25 heavy (non-hydrogen) atoms.